The molecule has 106 valence electrons. The predicted molar refractivity (Wildman–Crippen MR) is 80.5 cm³/mol. The van der Waals surface area contributed by atoms with Crippen molar-refractivity contribution >= 4 is 5.69 Å². The van der Waals surface area contributed by atoms with Crippen molar-refractivity contribution in [3.63, 3.8) is 0 Å². The average molecular weight is 281 g/mol. The van der Waals surface area contributed by atoms with Gasteiger partial charge in [0.1, 0.15) is 5.82 Å². The van der Waals surface area contributed by atoms with Crippen LogP contribution in [0, 0.1) is 6.92 Å². The van der Waals surface area contributed by atoms with Crippen LogP contribution in [0.5, 0.6) is 0 Å². The Labute approximate surface area is 121 Å². The number of imidazole rings is 1. The van der Waals surface area contributed by atoms with Crippen LogP contribution < -0.4 is 11.0 Å². The third kappa shape index (κ3) is 3.00. The summed E-state index contributed by atoms with van der Waals surface area (Å²) in [6, 6.07) is 9.53. The lowest BCUT2D eigenvalue weighted by molar-refractivity contribution is 0.954. The van der Waals surface area contributed by atoms with Gasteiger partial charge in [-0.25, -0.2) is 14.8 Å². The van der Waals surface area contributed by atoms with Gasteiger partial charge in [-0.1, -0.05) is 0 Å². The third-order valence-electron chi connectivity index (χ3n) is 3.10. The van der Waals surface area contributed by atoms with Crippen LogP contribution in [0.3, 0.4) is 0 Å². The van der Waals surface area contributed by atoms with Crippen LogP contribution in [-0.2, 0) is 6.54 Å². The molecular weight excluding hydrogens is 266 g/mol. The lowest BCUT2D eigenvalue weighted by Gasteiger charge is -2.07. The Morgan fingerprint density at radius 2 is 2.05 bits per heavy atom. The van der Waals surface area contributed by atoms with E-state index in [1.165, 1.54) is 0 Å². The van der Waals surface area contributed by atoms with Crippen LogP contribution in [0.15, 0.2) is 53.7 Å². The van der Waals surface area contributed by atoms with Gasteiger partial charge in [-0.2, -0.15) is 0 Å². The van der Waals surface area contributed by atoms with Crippen molar-refractivity contribution in [2.75, 3.05) is 5.32 Å². The molecule has 0 bridgehead atoms. The second kappa shape index (κ2) is 5.62. The highest BCUT2D eigenvalue weighted by Crippen LogP contribution is 2.12. The molecule has 0 saturated carbocycles. The summed E-state index contributed by atoms with van der Waals surface area (Å²) in [7, 11) is 0. The number of benzene rings is 1. The van der Waals surface area contributed by atoms with Crippen molar-refractivity contribution in [3.8, 4) is 5.69 Å². The van der Waals surface area contributed by atoms with E-state index in [1.807, 2.05) is 37.3 Å². The van der Waals surface area contributed by atoms with Crippen molar-refractivity contribution in [3.05, 3.63) is 70.9 Å². The van der Waals surface area contributed by atoms with Crippen LogP contribution in [-0.4, -0.2) is 19.5 Å². The van der Waals surface area contributed by atoms with E-state index < -0.39 is 0 Å². The SMILES string of the molecule is Cc1nccc(CNc2ccc(-n3cc[nH]c3=O)cc2)n1. The van der Waals surface area contributed by atoms with Gasteiger partial charge in [0.25, 0.3) is 0 Å². The predicted octanol–water partition coefficient (Wildman–Crippen LogP) is 1.88. The van der Waals surface area contributed by atoms with E-state index in [-0.39, 0.29) is 5.69 Å². The van der Waals surface area contributed by atoms with E-state index in [1.54, 1.807) is 23.2 Å². The molecule has 0 fully saturated rings. The molecule has 0 aliphatic carbocycles. The number of aromatic nitrogens is 4. The summed E-state index contributed by atoms with van der Waals surface area (Å²) in [6.07, 6.45) is 5.07. The molecule has 0 aliphatic heterocycles. The molecule has 1 aromatic carbocycles. The van der Waals surface area contributed by atoms with Crippen molar-refractivity contribution in [1.82, 2.24) is 19.5 Å². The van der Waals surface area contributed by atoms with Gasteiger partial charge in [0, 0.05) is 24.3 Å². The quantitative estimate of drug-likeness (QED) is 0.765. The second-order valence-corrected chi connectivity index (χ2v) is 4.63. The van der Waals surface area contributed by atoms with Crippen molar-refractivity contribution in [2.24, 2.45) is 0 Å². The molecular formula is C15H15N5O. The van der Waals surface area contributed by atoms with Gasteiger partial charge in [0.2, 0.25) is 0 Å². The summed E-state index contributed by atoms with van der Waals surface area (Å²) >= 11 is 0. The Bertz CT molecular complexity index is 788. The fraction of sp³-hybridized carbons (Fsp3) is 0.133. The number of aryl methyl sites for hydroxylation is 1. The van der Waals surface area contributed by atoms with E-state index in [0.717, 1.165) is 22.9 Å². The van der Waals surface area contributed by atoms with Crippen LogP contribution in [0.4, 0.5) is 5.69 Å². The summed E-state index contributed by atoms with van der Waals surface area (Å²) in [5.74, 6) is 0.761. The minimum Gasteiger partial charge on any atom is -0.379 e. The maximum absolute atomic E-state index is 11.5. The van der Waals surface area contributed by atoms with Gasteiger partial charge >= 0.3 is 5.69 Å². The molecule has 0 radical (unpaired) electrons. The molecule has 2 N–H and O–H groups in total. The largest absolute Gasteiger partial charge is 0.379 e. The Morgan fingerprint density at radius 1 is 1.24 bits per heavy atom. The molecule has 0 aliphatic rings. The maximum Gasteiger partial charge on any atom is 0.330 e. The van der Waals surface area contributed by atoms with Gasteiger partial charge in [-0.15, -0.1) is 0 Å². The first-order valence-electron chi connectivity index (χ1n) is 6.61. The first-order chi connectivity index (χ1) is 10.2. The molecule has 2 heterocycles. The molecule has 0 amide bonds. The van der Waals surface area contributed by atoms with Crippen molar-refractivity contribution in [2.45, 2.75) is 13.5 Å². The number of aromatic amines is 1. The number of anilines is 1. The van der Waals surface area contributed by atoms with Gasteiger partial charge in [0.15, 0.2) is 0 Å². The lowest BCUT2D eigenvalue weighted by atomic mass is 10.2. The minimum atomic E-state index is -0.146. The van der Waals surface area contributed by atoms with Crippen LogP contribution >= 0.6 is 0 Å². The molecule has 3 rings (SSSR count). The van der Waals surface area contributed by atoms with Crippen LogP contribution in [0.1, 0.15) is 11.5 Å². The van der Waals surface area contributed by atoms with Crippen molar-refractivity contribution in [1.29, 1.82) is 0 Å². The average Bonchev–Trinajstić information content (AvgIpc) is 2.92. The molecule has 3 aromatic rings. The Hall–Kier alpha value is -2.89. The van der Waals surface area contributed by atoms with Crippen LogP contribution in [0.25, 0.3) is 5.69 Å². The lowest BCUT2D eigenvalue weighted by Crippen LogP contribution is -2.13. The second-order valence-electron chi connectivity index (χ2n) is 4.63. The van der Waals surface area contributed by atoms with Gasteiger partial charge < -0.3 is 10.3 Å². The first kappa shape index (κ1) is 13.1. The zero-order chi connectivity index (χ0) is 14.7. The van der Waals surface area contributed by atoms with Gasteiger partial charge in [-0.3, -0.25) is 4.57 Å². The fourth-order valence-corrected chi connectivity index (χ4v) is 2.06. The summed E-state index contributed by atoms with van der Waals surface area (Å²) in [4.78, 5) is 22.5. The van der Waals surface area contributed by atoms with E-state index >= 15 is 0 Å². The summed E-state index contributed by atoms with van der Waals surface area (Å²) in [6.45, 7) is 2.50. The third-order valence-corrected chi connectivity index (χ3v) is 3.10. The highest BCUT2D eigenvalue weighted by atomic mass is 16.1. The highest BCUT2D eigenvalue weighted by Gasteiger charge is 2.00. The molecule has 0 atom stereocenters. The molecule has 2 aromatic heterocycles. The van der Waals surface area contributed by atoms with Gasteiger partial charge in [0.05, 0.1) is 17.9 Å². The molecule has 21 heavy (non-hydrogen) atoms. The van der Waals surface area contributed by atoms with E-state index in [4.69, 9.17) is 0 Å². The zero-order valence-corrected chi connectivity index (χ0v) is 11.6. The molecule has 6 nitrogen and oxygen atoms in total. The normalized spacial score (nSPS) is 10.5. The maximum atomic E-state index is 11.5. The Kier molecular flexibility index (Phi) is 3.51. The smallest absolute Gasteiger partial charge is 0.330 e. The molecule has 0 saturated heterocycles. The summed E-state index contributed by atoms with van der Waals surface area (Å²) < 4.78 is 1.55. The number of hydrogen-bond acceptors (Lipinski definition) is 4. The minimum absolute atomic E-state index is 0.146. The van der Waals surface area contributed by atoms with E-state index in [0.29, 0.717) is 6.54 Å². The number of nitrogens with one attached hydrogen (secondary N) is 2. The topological polar surface area (TPSA) is 75.6 Å². The number of nitrogens with zero attached hydrogens (tertiary/aromatic N) is 3. The standard InChI is InChI=1S/C15H15N5O/c1-11-16-7-6-13(19-11)10-18-12-2-4-14(5-3-12)20-9-8-17-15(20)21/h2-9,18H,10H2,1H3,(H,17,21). The van der Waals surface area contributed by atoms with E-state index in [9.17, 15) is 4.79 Å². The summed E-state index contributed by atoms with van der Waals surface area (Å²) in [5.41, 5.74) is 2.59. The molecule has 6 heteroatoms. The van der Waals surface area contributed by atoms with Crippen molar-refractivity contribution < 1.29 is 0 Å². The first-order valence-corrected chi connectivity index (χ1v) is 6.61. The van der Waals surface area contributed by atoms with Crippen LogP contribution in [0.2, 0.25) is 0 Å². The van der Waals surface area contributed by atoms with Gasteiger partial charge in [-0.05, 0) is 37.3 Å². The number of hydrogen-bond donors (Lipinski definition) is 2. The fourth-order valence-electron chi connectivity index (χ4n) is 2.06. The molecule has 0 spiro atoms. The zero-order valence-electron chi connectivity index (χ0n) is 11.6. The summed E-state index contributed by atoms with van der Waals surface area (Å²) in [5, 5.41) is 3.29. The van der Waals surface area contributed by atoms with E-state index in [2.05, 4.69) is 20.3 Å². The monoisotopic (exact) mass is 281 g/mol. The number of H-pyrrole nitrogens is 1. The molecule has 0 unspecified atom stereocenters. The Balaban J connectivity index is 1.70. The Morgan fingerprint density at radius 3 is 2.71 bits per heavy atom. The highest BCUT2D eigenvalue weighted by molar-refractivity contribution is 5.48. The number of rotatable bonds is 4.